The summed E-state index contributed by atoms with van der Waals surface area (Å²) in [4.78, 5) is 31.2. The van der Waals surface area contributed by atoms with Gasteiger partial charge >= 0.3 is 0 Å². The average Bonchev–Trinajstić information content (AvgIpc) is 2.81. The van der Waals surface area contributed by atoms with Gasteiger partial charge in [-0.05, 0) is 62.2 Å². The van der Waals surface area contributed by atoms with Crippen molar-refractivity contribution in [3.05, 3.63) is 93.8 Å². The minimum Gasteiger partial charge on any atom is -0.324 e. The van der Waals surface area contributed by atoms with Crippen molar-refractivity contribution in [2.24, 2.45) is 0 Å². The van der Waals surface area contributed by atoms with Crippen LogP contribution in [0.3, 0.4) is 0 Å². The molecule has 0 radical (unpaired) electrons. The van der Waals surface area contributed by atoms with Gasteiger partial charge in [-0.3, -0.25) is 14.2 Å². The minimum atomic E-state index is -0.568. The second-order valence-corrected chi connectivity index (χ2v) is 9.06. The van der Waals surface area contributed by atoms with Gasteiger partial charge in [0.05, 0.1) is 33.1 Å². The summed E-state index contributed by atoms with van der Waals surface area (Å²) in [6.45, 7) is 5.67. The number of anilines is 1. The highest BCUT2D eigenvalue weighted by molar-refractivity contribution is 8.00. The molecule has 33 heavy (non-hydrogen) atoms. The summed E-state index contributed by atoms with van der Waals surface area (Å²) in [7, 11) is 0. The topological polar surface area (TPSA) is 87.8 Å². The standard InChI is InChI=1S/C26H22N4O2S/c1-16-12-13-17(2)23(14-16)30-25(32)20-9-5-7-11-22(20)29-26(30)33-18(3)24(31)28-21-10-6-4-8-19(21)15-27/h4-14,18H,1-3H3,(H,28,31). The van der Waals surface area contributed by atoms with Crippen molar-refractivity contribution in [3.8, 4) is 11.8 Å². The van der Waals surface area contributed by atoms with Gasteiger partial charge in [0, 0.05) is 0 Å². The summed E-state index contributed by atoms with van der Waals surface area (Å²) in [6, 6.07) is 22.0. The molecule has 164 valence electrons. The summed E-state index contributed by atoms with van der Waals surface area (Å²) in [5, 5.41) is 12.5. The third-order valence-corrected chi connectivity index (χ3v) is 6.36. The Hall–Kier alpha value is -3.89. The SMILES string of the molecule is Cc1ccc(C)c(-n2c(SC(C)C(=O)Nc3ccccc3C#N)nc3ccccc3c2=O)c1. The summed E-state index contributed by atoms with van der Waals surface area (Å²) >= 11 is 1.21. The number of benzene rings is 3. The van der Waals surface area contributed by atoms with Crippen LogP contribution in [0.1, 0.15) is 23.6 Å². The monoisotopic (exact) mass is 454 g/mol. The Morgan fingerprint density at radius 1 is 1.09 bits per heavy atom. The van der Waals surface area contributed by atoms with Gasteiger partial charge in [-0.2, -0.15) is 5.26 Å². The second-order valence-electron chi connectivity index (χ2n) is 7.75. The van der Waals surface area contributed by atoms with Crippen molar-refractivity contribution in [1.29, 1.82) is 5.26 Å². The fourth-order valence-electron chi connectivity index (χ4n) is 3.50. The van der Waals surface area contributed by atoms with Gasteiger partial charge in [0.2, 0.25) is 5.91 Å². The van der Waals surface area contributed by atoms with Gasteiger partial charge in [-0.1, -0.05) is 48.2 Å². The number of hydrogen-bond acceptors (Lipinski definition) is 5. The molecule has 1 heterocycles. The van der Waals surface area contributed by atoms with Crippen molar-refractivity contribution in [2.75, 3.05) is 5.32 Å². The Morgan fingerprint density at radius 3 is 2.61 bits per heavy atom. The van der Waals surface area contributed by atoms with Crippen molar-refractivity contribution in [2.45, 2.75) is 31.2 Å². The molecule has 0 aliphatic carbocycles. The van der Waals surface area contributed by atoms with Gasteiger partial charge in [-0.25, -0.2) is 4.98 Å². The van der Waals surface area contributed by atoms with E-state index in [-0.39, 0.29) is 11.5 Å². The highest BCUT2D eigenvalue weighted by Crippen LogP contribution is 2.28. The number of para-hydroxylation sites is 2. The van der Waals surface area contributed by atoms with Gasteiger partial charge in [-0.15, -0.1) is 0 Å². The zero-order valence-electron chi connectivity index (χ0n) is 18.5. The Kier molecular flexibility index (Phi) is 6.29. The predicted octanol–water partition coefficient (Wildman–Crippen LogP) is 4.99. The van der Waals surface area contributed by atoms with Crippen LogP contribution in [0.25, 0.3) is 16.6 Å². The first-order valence-electron chi connectivity index (χ1n) is 10.4. The molecule has 1 atom stereocenters. The third kappa shape index (κ3) is 4.52. The molecule has 0 aliphatic rings. The molecule has 0 aliphatic heterocycles. The molecule has 3 aromatic carbocycles. The highest BCUT2D eigenvalue weighted by atomic mass is 32.2. The number of fused-ring (bicyclic) bond motifs is 1. The third-order valence-electron chi connectivity index (χ3n) is 5.31. The normalized spacial score (nSPS) is 11.7. The van der Waals surface area contributed by atoms with Gasteiger partial charge < -0.3 is 5.32 Å². The van der Waals surface area contributed by atoms with Crippen LogP contribution in [0.15, 0.2) is 76.7 Å². The van der Waals surface area contributed by atoms with Crippen molar-refractivity contribution < 1.29 is 4.79 Å². The molecule has 7 heteroatoms. The van der Waals surface area contributed by atoms with E-state index in [1.54, 1.807) is 47.9 Å². The molecule has 1 amide bonds. The van der Waals surface area contributed by atoms with E-state index < -0.39 is 5.25 Å². The Labute approximate surface area is 195 Å². The first-order chi connectivity index (χ1) is 15.9. The number of thioether (sulfide) groups is 1. The average molecular weight is 455 g/mol. The van der Waals surface area contributed by atoms with Crippen molar-refractivity contribution >= 4 is 34.3 Å². The lowest BCUT2D eigenvalue weighted by Crippen LogP contribution is -2.26. The molecule has 0 bridgehead atoms. The number of amides is 1. The molecule has 0 fully saturated rings. The van der Waals surface area contributed by atoms with Crippen LogP contribution in [0.2, 0.25) is 0 Å². The van der Waals surface area contributed by atoms with E-state index in [4.69, 9.17) is 4.98 Å². The number of aryl methyl sites for hydroxylation is 2. The molecule has 1 N–H and O–H groups in total. The lowest BCUT2D eigenvalue weighted by Gasteiger charge is -2.18. The zero-order chi connectivity index (χ0) is 23.5. The Balaban J connectivity index is 1.77. The fourth-order valence-corrected chi connectivity index (χ4v) is 4.42. The van der Waals surface area contributed by atoms with E-state index >= 15 is 0 Å². The van der Waals surface area contributed by atoms with E-state index in [1.165, 1.54) is 11.8 Å². The summed E-state index contributed by atoms with van der Waals surface area (Å²) in [6.07, 6.45) is 0. The zero-order valence-corrected chi connectivity index (χ0v) is 19.3. The van der Waals surface area contributed by atoms with Crippen molar-refractivity contribution in [3.63, 3.8) is 0 Å². The molecule has 0 saturated heterocycles. The lowest BCUT2D eigenvalue weighted by molar-refractivity contribution is -0.115. The Morgan fingerprint density at radius 2 is 1.82 bits per heavy atom. The number of rotatable bonds is 5. The van der Waals surface area contributed by atoms with Crippen LogP contribution in [0, 0.1) is 25.2 Å². The first-order valence-corrected chi connectivity index (χ1v) is 11.3. The molecule has 0 spiro atoms. The number of carbonyl (C=O) groups is 1. The smallest absolute Gasteiger partial charge is 0.266 e. The van der Waals surface area contributed by atoms with Gasteiger partial charge in [0.15, 0.2) is 5.16 Å². The van der Waals surface area contributed by atoms with Gasteiger partial charge in [0.25, 0.3) is 5.56 Å². The summed E-state index contributed by atoms with van der Waals surface area (Å²) < 4.78 is 1.59. The number of aromatic nitrogens is 2. The van der Waals surface area contributed by atoms with E-state index in [2.05, 4.69) is 11.4 Å². The van der Waals surface area contributed by atoms with Crippen LogP contribution in [0.4, 0.5) is 5.69 Å². The molecular formula is C26H22N4O2S. The molecule has 6 nitrogen and oxygen atoms in total. The molecule has 4 rings (SSSR count). The maximum Gasteiger partial charge on any atom is 0.266 e. The molecular weight excluding hydrogens is 432 g/mol. The number of nitrogens with zero attached hydrogens (tertiary/aromatic N) is 3. The predicted molar refractivity (Wildman–Crippen MR) is 132 cm³/mol. The van der Waals surface area contributed by atoms with Crippen LogP contribution in [-0.4, -0.2) is 20.7 Å². The molecule has 4 aromatic rings. The first kappa shape index (κ1) is 22.3. The quantitative estimate of drug-likeness (QED) is 0.339. The van der Waals surface area contributed by atoms with E-state index in [0.717, 1.165) is 16.8 Å². The van der Waals surface area contributed by atoms with Crippen LogP contribution in [0.5, 0.6) is 0 Å². The Bertz CT molecular complexity index is 1470. The second kappa shape index (κ2) is 9.31. The maximum absolute atomic E-state index is 13.5. The number of nitrogens with one attached hydrogen (secondary N) is 1. The maximum atomic E-state index is 13.5. The fraction of sp³-hybridized carbons (Fsp3) is 0.154. The molecule has 0 saturated carbocycles. The lowest BCUT2D eigenvalue weighted by atomic mass is 10.1. The van der Waals surface area contributed by atoms with E-state index in [1.807, 2.05) is 44.2 Å². The minimum absolute atomic E-state index is 0.181. The molecule has 1 aromatic heterocycles. The van der Waals surface area contributed by atoms with Crippen LogP contribution < -0.4 is 10.9 Å². The van der Waals surface area contributed by atoms with Gasteiger partial charge in [0.1, 0.15) is 6.07 Å². The van der Waals surface area contributed by atoms with E-state index in [9.17, 15) is 14.9 Å². The summed E-state index contributed by atoms with van der Waals surface area (Å²) in [5.41, 5.74) is 3.93. The van der Waals surface area contributed by atoms with Crippen molar-refractivity contribution in [1.82, 2.24) is 9.55 Å². The number of carbonyl (C=O) groups excluding carboxylic acids is 1. The summed E-state index contributed by atoms with van der Waals surface area (Å²) in [5.74, 6) is -0.280. The largest absolute Gasteiger partial charge is 0.324 e. The number of nitriles is 1. The molecule has 1 unspecified atom stereocenters. The van der Waals surface area contributed by atoms with E-state index in [0.29, 0.717) is 27.3 Å². The van der Waals surface area contributed by atoms with Crippen LogP contribution in [-0.2, 0) is 4.79 Å². The highest BCUT2D eigenvalue weighted by Gasteiger charge is 2.21. The number of hydrogen-bond donors (Lipinski definition) is 1. The van der Waals surface area contributed by atoms with Crippen LogP contribution >= 0.6 is 11.8 Å².